The second-order valence-corrected chi connectivity index (χ2v) is 5.92. The van der Waals surface area contributed by atoms with Gasteiger partial charge >= 0.3 is 7.12 Å². The highest BCUT2D eigenvalue weighted by molar-refractivity contribution is 7.18. The number of hydrogen-bond donors (Lipinski definition) is 2. The number of ether oxygens (including phenoxy) is 2. The minimum Gasteiger partial charge on any atom is -0.454 e. The molecule has 1 aromatic heterocycles. The van der Waals surface area contributed by atoms with Gasteiger partial charge in [0.05, 0.1) is 5.56 Å². The number of para-hydroxylation sites is 1. The molecule has 2 aromatic carbocycles. The third kappa shape index (κ3) is 2.57. The predicted octanol–water partition coefficient (Wildman–Crippen LogP) is 1.28. The topological polar surface area (TPSA) is 84.7 Å². The normalized spacial score (nSPS) is 12.4. The van der Waals surface area contributed by atoms with E-state index in [0.717, 1.165) is 21.1 Å². The van der Waals surface area contributed by atoms with Crippen LogP contribution in [0, 0.1) is 0 Å². The molecule has 0 unspecified atom stereocenters. The van der Waals surface area contributed by atoms with Crippen molar-refractivity contribution in [3.05, 3.63) is 42.5 Å². The van der Waals surface area contributed by atoms with E-state index in [2.05, 4.69) is 10.2 Å². The first-order chi connectivity index (χ1) is 11.2. The highest BCUT2D eigenvalue weighted by Gasteiger charge is 2.21. The Kier molecular flexibility index (Phi) is 3.49. The summed E-state index contributed by atoms with van der Waals surface area (Å²) in [6.45, 7) is 0.211. The van der Waals surface area contributed by atoms with Crippen LogP contribution in [0.3, 0.4) is 0 Å². The van der Waals surface area contributed by atoms with Gasteiger partial charge in [0.1, 0.15) is 5.01 Å². The zero-order chi connectivity index (χ0) is 15.8. The van der Waals surface area contributed by atoms with E-state index in [1.165, 1.54) is 11.3 Å². The minimum absolute atomic E-state index is 0.211. The Hall–Kier alpha value is -2.42. The van der Waals surface area contributed by atoms with E-state index in [9.17, 15) is 0 Å². The molecule has 6 nitrogen and oxygen atoms in total. The number of hydrogen-bond acceptors (Lipinski definition) is 7. The van der Waals surface area contributed by atoms with Crippen molar-refractivity contribution in [2.75, 3.05) is 6.79 Å². The Balaban J connectivity index is 1.68. The largest absolute Gasteiger partial charge is 0.488 e. The lowest BCUT2D eigenvalue weighted by molar-refractivity contribution is 0.174. The van der Waals surface area contributed by atoms with Gasteiger partial charge in [0.2, 0.25) is 6.79 Å². The van der Waals surface area contributed by atoms with Crippen LogP contribution in [-0.4, -0.2) is 34.2 Å². The monoisotopic (exact) mass is 326 g/mol. The first kappa shape index (κ1) is 14.2. The van der Waals surface area contributed by atoms with Gasteiger partial charge in [-0.1, -0.05) is 41.7 Å². The van der Waals surface area contributed by atoms with E-state index < -0.39 is 7.12 Å². The number of nitrogens with zero attached hydrogens (tertiary/aromatic N) is 2. The molecule has 4 rings (SSSR count). The molecule has 0 fully saturated rings. The maximum absolute atomic E-state index is 9.13. The van der Waals surface area contributed by atoms with Gasteiger partial charge < -0.3 is 19.5 Å². The standard InChI is InChI=1S/C15H11BN2O4S/c19-16(20)10-6-4-9(5-7-10)14-17-18-15(23-14)11-2-1-3-12-13(11)22-8-21-12/h1-7,19-20H,8H2. The van der Waals surface area contributed by atoms with Gasteiger partial charge in [0.25, 0.3) is 0 Å². The molecule has 2 N–H and O–H groups in total. The molecule has 0 atom stereocenters. The summed E-state index contributed by atoms with van der Waals surface area (Å²) in [5.74, 6) is 1.40. The van der Waals surface area contributed by atoms with Crippen molar-refractivity contribution < 1.29 is 19.5 Å². The molecule has 0 saturated carbocycles. The van der Waals surface area contributed by atoms with E-state index in [-0.39, 0.29) is 6.79 Å². The van der Waals surface area contributed by atoms with Crippen LogP contribution in [0.15, 0.2) is 42.5 Å². The highest BCUT2D eigenvalue weighted by atomic mass is 32.1. The second kappa shape index (κ2) is 5.66. The first-order valence-corrected chi connectivity index (χ1v) is 7.73. The van der Waals surface area contributed by atoms with Crippen molar-refractivity contribution in [3.8, 4) is 32.6 Å². The molecule has 0 radical (unpaired) electrons. The van der Waals surface area contributed by atoms with Crippen LogP contribution in [0.25, 0.3) is 21.1 Å². The van der Waals surface area contributed by atoms with Crippen molar-refractivity contribution in [1.29, 1.82) is 0 Å². The van der Waals surface area contributed by atoms with E-state index in [1.54, 1.807) is 24.3 Å². The average molecular weight is 326 g/mol. The molecule has 23 heavy (non-hydrogen) atoms. The van der Waals surface area contributed by atoms with E-state index >= 15 is 0 Å². The summed E-state index contributed by atoms with van der Waals surface area (Å²) < 4.78 is 10.9. The molecule has 8 heteroatoms. The molecular weight excluding hydrogens is 315 g/mol. The SMILES string of the molecule is OB(O)c1ccc(-c2nnc(-c3cccc4c3OCO4)s2)cc1. The average Bonchev–Trinajstić information content (AvgIpc) is 3.24. The van der Waals surface area contributed by atoms with Crippen molar-refractivity contribution >= 4 is 23.9 Å². The zero-order valence-electron chi connectivity index (χ0n) is 11.8. The molecule has 0 bridgehead atoms. The summed E-state index contributed by atoms with van der Waals surface area (Å²) in [6, 6.07) is 12.5. The summed E-state index contributed by atoms with van der Waals surface area (Å²) in [5.41, 5.74) is 2.15. The van der Waals surface area contributed by atoms with Gasteiger partial charge in [-0.05, 0) is 17.6 Å². The van der Waals surface area contributed by atoms with E-state index in [1.807, 2.05) is 18.2 Å². The maximum atomic E-state index is 9.13. The number of rotatable bonds is 3. The van der Waals surface area contributed by atoms with Crippen LogP contribution in [0.4, 0.5) is 0 Å². The van der Waals surface area contributed by atoms with Crippen molar-refractivity contribution in [2.24, 2.45) is 0 Å². The molecule has 0 amide bonds. The Morgan fingerprint density at radius 2 is 1.74 bits per heavy atom. The summed E-state index contributed by atoms with van der Waals surface area (Å²) in [6.07, 6.45) is 0. The molecular formula is C15H11BN2O4S. The van der Waals surface area contributed by atoms with Crippen LogP contribution in [-0.2, 0) is 0 Å². The summed E-state index contributed by atoms with van der Waals surface area (Å²) >= 11 is 1.44. The first-order valence-electron chi connectivity index (χ1n) is 6.91. The molecule has 0 aliphatic carbocycles. The second-order valence-electron chi connectivity index (χ2n) is 4.95. The molecule has 1 aliphatic rings. The smallest absolute Gasteiger partial charge is 0.454 e. The maximum Gasteiger partial charge on any atom is 0.488 e. The van der Waals surface area contributed by atoms with Gasteiger partial charge in [-0.2, -0.15) is 0 Å². The van der Waals surface area contributed by atoms with Crippen LogP contribution in [0.2, 0.25) is 0 Å². The molecule has 0 spiro atoms. The van der Waals surface area contributed by atoms with Gasteiger partial charge in [-0.15, -0.1) is 10.2 Å². The summed E-state index contributed by atoms with van der Waals surface area (Å²) in [7, 11) is -1.47. The van der Waals surface area contributed by atoms with E-state index in [0.29, 0.717) is 17.0 Å². The molecule has 114 valence electrons. The molecule has 0 saturated heterocycles. The molecule has 2 heterocycles. The minimum atomic E-state index is -1.47. The molecule has 3 aromatic rings. The summed E-state index contributed by atoms with van der Waals surface area (Å²) in [4.78, 5) is 0. The van der Waals surface area contributed by atoms with E-state index in [4.69, 9.17) is 19.5 Å². The Bertz CT molecular complexity index is 851. The lowest BCUT2D eigenvalue weighted by atomic mass is 9.80. The highest BCUT2D eigenvalue weighted by Crippen LogP contribution is 2.42. The third-order valence-corrected chi connectivity index (χ3v) is 4.51. The fourth-order valence-corrected chi connectivity index (χ4v) is 3.22. The number of aromatic nitrogens is 2. The lowest BCUT2D eigenvalue weighted by Gasteiger charge is -2.01. The van der Waals surface area contributed by atoms with Gasteiger partial charge in [0.15, 0.2) is 16.5 Å². The zero-order valence-corrected chi connectivity index (χ0v) is 12.7. The quantitative estimate of drug-likeness (QED) is 0.706. The van der Waals surface area contributed by atoms with Crippen LogP contribution < -0.4 is 14.9 Å². The Morgan fingerprint density at radius 3 is 2.52 bits per heavy atom. The lowest BCUT2D eigenvalue weighted by Crippen LogP contribution is -2.29. The van der Waals surface area contributed by atoms with Crippen molar-refractivity contribution in [1.82, 2.24) is 10.2 Å². The van der Waals surface area contributed by atoms with Crippen molar-refractivity contribution in [2.45, 2.75) is 0 Å². The number of benzene rings is 2. The van der Waals surface area contributed by atoms with Crippen LogP contribution >= 0.6 is 11.3 Å². The predicted molar refractivity (Wildman–Crippen MR) is 86.7 cm³/mol. The van der Waals surface area contributed by atoms with Gasteiger partial charge in [-0.3, -0.25) is 0 Å². The molecule has 1 aliphatic heterocycles. The van der Waals surface area contributed by atoms with Crippen molar-refractivity contribution in [3.63, 3.8) is 0 Å². The Labute approximate surface area is 136 Å². The van der Waals surface area contributed by atoms with Gasteiger partial charge in [0, 0.05) is 5.56 Å². The Morgan fingerprint density at radius 1 is 0.957 bits per heavy atom. The van der Waals surface area contributed by atoms with Gasteiger partial charge in [-0.25, -0.2) is 0 Å². The third-order valence-electron chi connectivity index (χ3n) is 3.51. The number of fused-ring (bicyclic) bond motifs is 1. The summed E-state index contributed by atoms with van der Waals surface area (Å²) in [5, 5.41) is 28.2. The fraction of sp³-hybridized carbons (Fsp3) is 0.0667. The fourth-order valence-electron chi connectivity index (χ4n) is 2.35. The van der Waals surface area contributed by atoms with Crippen LogP contribution in [0.1, 0.15) is 0 Å². The van der Waals surface area contributed by atoms with Crippen LogP contribution in [0.5, 0.6) is 11.5 Å².